The van der Waals surface area contributed by atoms with Gasteiger partial charge in [0.2, 0.25) is 0 Å². The van der Waals surface area contributed by atoms with Crippen molar-refractivity contribution in [3.8, 4) is 5.75 Å². The van der Waals surface area contributed by atoms with Gasteiger partial charge in [0, 0.05) is 20.9 Å². The predicted molar refractivity (Wildman–Crippen MR) is 95.7 cm³/mol. The van der Waals surface area contributed by atoms with Crippen LogP contribution in [0.25, 0.3) is 0 Å². The lowest BCUT2D eigenvalue weighted by Gasteiger charge is -2.32. The topological polar surface area (TPSA) is 20.2 Å². The molecule has 0 spiro atoms. The molecule has 0 amide bonds. The largest absolute Gasteiger partial charge is 0.508 e. The molecule has 1 nitrogen and oxygen atoms in total. The third-order valence-corrected chi connectivity index (χ3v) is 6.45. The third-order valence-electron chi connectivity index (χ3n) is 4.38. The van der Waals surface area contributed by atoms with Crippen LogP contribution in [-0.4, -0.2) is 11.4 Å². The summed E-state index contributed by atoms with van der Waals surface area (Å²) >= 11 is 3.81. The van der Waals surface area contributed by atoms with Crippen LogP contribution in [0.3, 0.4) is 0 Å². The number of benzene rings is 1. The van der Waals surface area contributed by atoms with Crippen molar-refractivity contribution in [2.45, 2.75) is 44.8 Å². The summed E-state index contributed by atoms with van der Waals surface area (Å²) in [7, 11) is 0. The Labute approximate surface area is 136 Å². The molecule has 1 heterocycles. The fraction of sp³-hybridized carbons (Fsp3) is 0.444. The molecule has 0 bridgehead atoms. The van der Waals surface area contributed by atoms with E-state index >= 15 is 0 Å². The van der Waals surface area contributed by atoms with E-state index in [0.717, 1.165) is 24.2 Å². The third kappa shape index (κ3) is 3.14. The van der Waals surface area contributed by atoms with Gasteiger partial charge >= 0.3 is 0 Å². The first-order valence-electron chi connectivity index (χ1n) is 7.45. The van der Waals surface area contributed by atoms with Gasteiger partial charge in [0.1, 0.15) is 5.75 Å². The number of phenolic OH excluding ortho intramolecular Hbond substituents is 1. The molecule has 1 aromatic heterocycles. The average Bonchev–Trinajstić information content (AvgIpc) is 2.94. The Morgan fingerprint density at radius 3 is 2.43 bits per heavy atom. The zero-order chi connectivity index (χ0) is 15.5. The van der Waals surface area contributed by atoms with Gasteiger partial charge in [-0.2, -0.15) is 11.8 Å². The first kappa shape index (κ1) is 16.4. The summed E-state index contributed by atoms with van der Waals surface area (Å²) in [6.45, 7) is 6.50. The monoisotopic (exact) mass is 320 g/mol. The Kier molecular flexibility index (Phi) is 5.39. The second-order valence-corrected chi connectivity index (χ2v) is 7.52. The van der Waals surface area contributed by atoms with E-state index in [2.05, 4.69) is 44.4 Å². The number of phenols is 1. The van der Waals surface area contributed by atoms with Crippen molar-refractivity contribution in [1.82, 2.24) is 0 Å². The van der Waals surface area contributed by atoms with Gasteiger partial charge in [0.25, 0.3) is 0 Å². The van der Waals surface area contributed by atoms with Crippen LogP contribution in [0, 0.1) is 6.92 Å². The number of rotatable bonds is 6. The van der Waals surface area contributed by atoms with E-state index in [1.807, 2.05) is 36.1 Å². The Balaban J connectivity index is 2.50. The standard InChI is InChI=1S/C18H24OS2/c1-5-18(6-2,14-7-9-16(19)13(3)11-14)17-10-8-15(21-17)12-20-4/h7-11,19H,5-6,12H2,1-4H3. The van der Waals surface area contributed by atoms with E-state index in [1.165, 1.54) is 15.3 Å². The fourth-order valence-corrected chi connectivity index (χ4v) is 5.08. The predicted octanol–water partition coefficient (Wildman–Crippen LogP) is 5.73. The van der Waals surface area contributed by atoms with Gasteiger partial charge in [-0.1, -0.05) is 26.0 Å². The number of thiophene rings is 1. The van der Waals surface area contributed by atoms with Gasteiger partial charge in [-0.25, -0.2) is 0 Å². The molecule has 0 atom stereocenters. The Hall–Kier alpha value is -0.930. The summed E-state index contributed by atoms with van der Waals surface area (Å²) in [4.78, 5) is 2.89. The zero-order valence-corrected chi connectivity index (χ0v) is 14.9. The highest BCUT2D eigenvalue weighted by atomic mass is 32.2. The molecule has 1 aromatic carbocycles. The highest BCUT2D eigenvalue weighted by molar-refractivity contribution is 7.97. The molecule has 2 rings (SSSR count). The van der Waals surface area contributed by atoms with Crippen LogP contribution in [0.15, 0.2) is 30.3 Å². The first-order chi connectivity index (χ1) is 10.1. The van der Waals surface area contributed by atoms with Gasteiger partial charge in [-0.15, -0.1) is 11.3 Å². The van der Waals surface area contributed by atoms with E-state index in [1.54, 1.807) is 0 Å². The molecule has 0 aliphatic rings. The average molecular weight is 321 g/mol. The van der Waals surface area contributed by atoms with Crippen molar-refractivity contribution >= 4 is 23.1 Å². The quantitative estimate of drug-likeness (QED) is 0.733. The van der Waals surface area contributed by atoms with Gasteiger partial charge in [-0.3, -0.25) is 0 Å². The van der Waals surface area contributed by atoms with Crippen molar-refractivity contribution in [2.24, 2.45) is 0 Å². The number of aryl methyl sites for hydroxylation is 1. The Morgan fingerprint density at radius 1 is 1.14 bits per heavy atom. The van der Waals surface area contributed by atoms with Crippen molar-refractivity contribution in [2.75, 3.05) is 6.26 Å². The molecule has 0 unspecified atom stereocenters. The number of aromatic hydroxyl groups is 1. The molecular weight excluding hydrogens is 296 g/mol. The van der Waals surface area contributed by atoms with Gasteiger partial charge in [0.05, 0.1) is 0 Å². The number of hydrogen-bond donors (Lipinski definition) is 1. The maximum absolute atomic E-state index is 9.80. The van der Waals surface area contributed by atoms with Crippen LogP contribution in [0.5, 0.6) is 5.75 Å². The molecule has 2 aromatic rings. The van der Waals surface area contributed by atoms with Crippen LogP contribution in [0.1, 0.15) is 47.6 Å². The first-order valence-corrected chi connectivity index (χ1v) is 9.66. The molecule has 0 aliphatic carbocycles. The van der Waals surface area contributed by atoms with Crippen LogP contribution in [-0.2, 0) is 11.2 Å². The molecule has 0 radical (unpaired) electrons. The van der Waals surface area contributed by atoms with Crippen LogP contribution in [0.4, 0.5) is 0 Å². The molecular formula is C18H24OS2. The highest BCUT2D eigenvalue weighted by Gasteiger charge is 2.32. The van der Waals surface area contributed by atoms with E-state index < -0.39 is 0 Å². The van der Waals surface area contributed by atoms with E-state index in [9.17, 15) is 5.11 Å². The maximum Gasteiger partial charge on any atom is 0.118 e. The van der Waals surface area contributed by atoms with Gasteiger partial charge in [0.15, 0.2) is 0 Å². The number of hydrogen-bond acceptors (Lipinski definition) is 3. The summed E-state index contributed by atoms with van der Waals surface area (Å²) in [5.74, 6) is 1.47. The second-order valence-electron chi connectivity index (χ2n) is 5.49. The maximum atomic E-state index is 9.80. The van der Waals surface area contributed by atoms with E-state index in [4.69, 9.17) is 0 Å². The summed E-state index contributed by atoms with van der Waals surface area (Å²) in [5, 5.41) is 9.80. The highest BCUT2D eigenvalue weighted by Crippen LogP contribution is 2.43. The molecule has 114 valence electrons. The SMILES string of the molecule is CCC(CC)(c1ccc(O)c(C)c1)c1ccc(CSC)s1. The van der Waals surface area contributed by atoms with Gasteiger partial charge < -0.3 is 5.11 Å². The Morgan fingerprint density at radius 2 is 1.86 bits per heavy atom. The fourth-order valence-electron chi connectivity index (χ4n) is 2.96. The molecule has 0 fully saturated rings. The zero-order valence-electron chi connectivity index (χ0n) is 13.3. The minimum absolute atomic E-state index is 0.0692. The summed E-state index contributed by atoms with van der Waals surface area (Å²) in [6.07, 6.45) is 4.30. The van der Waals surface area contributed by atoms with Crippen molar-refractivity contribution < 1.29 is 5.11 Å². The normalized spacial score (nSPS) is 11.8. The molecule has 3 heteroatoms. The lowest BCUT2D eigenvalue weighted by Crippen LogP contribution is -2.24. The summed E-state index contributed by atoms with van der Waals surface area (Å²) in [6, 6.07) is 10.6. The molecule has 21 heavy (non-hydrogen) atoms. The van der Waals surface area contributed by atoms with Gasteiger partial charge in [-0.05, 0) is 55.3 Å². The van der Waals surface area contributed by atoms with Crippen LogP contribution < -0.4 is 0 Å². The summed E-state index contributed by atoms with van der Waals surface area (Å²) < 4.78 is 0. The lowest BCUT2D eigenvalue weighted by atomic mass is 9.74. The van der Waals surface area contributed by atoms with E-state index in [0.29, 0.717) is 5.75 Å². The lowest BCUT2D eigenvalue weighted by molar-refractivity contribution is 0.464. The minimum atomic E-state index is 0.0692. The van der Waals surface area contributed by atoms with Crippen molar-refractivity contribution in [3.05, 3.63) is 51.2 Å². The minimum Gasteiger partial charge on any atom is -0.508 e. The summed E-state index contributed by atoms with van der Waals surface area (Å²) in [5.41, 5.74) is 2.35. The smallest absolute Gasteiger partial charge is 0.118 e. The Bertz CT molecular complexity index is 597. The van der Waals surface area contributed by atoms with Crippen molar-refractivity contribution in [3.63, 3.8) is 0 Å². The van der Waals surface area contributed by atoms with E-state index in [-0.39, 0.29) is 5.41 Å². The molecule has 1 N–H and O–H groups in total. The molecule has 0 saturated carbocycles. The molecule has 0 saturated heterocycles. The van der Waals surface area contributed by atoms with Crippen molar-refractivity contribution in [1.29, 1.82) is 0 Å². The van der Waals surface area contributed by atoms with Crippen LogP contribution >= 0.6 is 23.1 Å². The van der Waals surface area contributed by atoms with Crippen LogP contribution in [0.2, 0.25) is 0 Å². The molecule has 0 aliphatic heterocycles. The second kappa shape index (κ2) is 6.89. The number of thioether (sulfide) groups is 1.